The highest BCUT2D eigenvalue weighted by atomic mass is 16.3. The molecule has 1 saturated heterocycles. The molecular weight excluding hydrogens is 412 g/mol. The van der Waals surface area contributed by atoms with Crippen molar-refractivity contribution in [3.8, 4) is 5.69 Å². The van der Waals surface area contributed by atoms with Crippen LogP contribution in [0, 0.1) is 0 Å². The molecule has 7 heteroatoms. The van der Waals surface area contributed by atoms with Crippen LogP contribution < -0.4 is 5.32 Å². The van der Waals surface area contributed by atoms with Crippen molar-refractivity contribution in [2.24, 2.45) is 0 Å². The van der Waals surface area contributed by atoms with Gasteiger partial charge in [0.25, 0.3) is 0 Å². The Morgan fingerprint density at radius 3 is 2.70 bits per heavy atom. The number of hydrogen-bond donors (Lipinski definition) is 3. The summed E-state index contributed by atoms with van der Waals surface area (Å²) in [6.45, 7) is 6.21. The number of hydrogen-bond acceptors (Lipinski definition) is 5. The summed E-state index contributed by atoms with van der Waals surface area (Å²) in [5, 5.41) is 23.0. The quantitative estimate of drug-likeness (QED) is 0.389. The van der Waals surface area contributed by atoms with Gasteiger partial charge in [0.05, 0.1) is 6.61 Å². The lowest BCUT2D eigenvalue weighted by molar-refractivity contribution is 0.113. The molecule has 0 saturated carbocycles. The molecule has 33 heavy (non-hydrogen) atoms. The summed E-state index contributed by atoms with van der Waals surface area (Å²) in [7, 11) is 0. The highest BCUT2D eigenvalue weighted by Gasteiger charge is 2.32. The molecule has 0 radical (unpaired) electrons. The van der Waals surface area contributed by atoms with Crippen molar-refractivity contribution in [2.45, 2.75) is 31.2 Å². The Morgan fingerprint density at radius 2 is 1.94 bits per heavy atom. The van der Waals surface area contributed by atoms with E-state index in [1.165, 1.54) is 16.5 Å². The van der Waals surface area contributed by atoms with Gasteiger partial charge >= 0.3 is 0 Å². The van der Waals surface area contributed by atoms with E-state index in [1.807, 2.05) is 10.6 Å². The van der Waals surface area contributed by atoms with Crippen molar-refractivity contribution in [2.75, 3.05) is 32.8 Å². The molecule has 3 unspecified atom stereocenters. The van der Waals surface area contributed by atoms with Gasteiger partial charge in [0.1, 0.15) is 12.7 Å². The molecule has 3 heterocycles. The van der Waals surface area contributed by atoms with E-state index in [-0.39, 0.29) is 12.5 Å². The van der Waals surface area contributed by atoms with Crippen molar-refractivity contribution in [3.05, 3.63) is 78.5 Å². The number of fused-ring (bicyclic) bond motifs is 1. The minimum absolute atomic E-state index is 0.118. The lowest BCUT2D eigenvalue weighted by Crippen LogP contribution is -2.54. The summed E-state index contributed by atoms with van der Waals surface area (Å²) in [5.74, 6) is 0.491. The fraction of sp³-hybridized carbons (Fsp3) is 0.385. The maximum Gasteiger partial charge on any atom is 0.123 e. The summed E-state index contributed by atoms with van der Waals surface area (Å²) in [6, 6.07) is 17.2. The molecule has 0 amide bonds. The number of rotatable bonds is 8. The van der Waals surface area contributed by atoms with Crippen molar-refractivity contribution in [3.63, 3.8) is 0 Å². The van der Waals surface area contributed by atoms with E-state index in [9.17, 15) is 5.11 Å². The van der Waals surface area contributed by atoms with Gasteiger partial charge in [0, 0.05) is 66.8 Å². The lowest BCUT2D eigenvalue weighted by atomic mass is 9.86. The second kappa shape index (κ2) is 9.87. The zero-order valence-corrected chi connectivity index (χ0v) is 19.1. The fourth-order valence-electron chi connectivity index (χ4n) is 5.30. The predicted molar refractivity (Wildman–Crippen MR) is 131 cm³/mol. The van der Waals surface area contributed by atoms with E-state index in [0.717, 1.165) is 43.8 Å². The minimum Gasteiger partial charge on any atom is -0.396 e. The fourth-order valence-corrected chi connectivity index (χ4v) is 5.30. The zero-order chi connectivity index (χ0) is 22.6. The Labute approximate surface area is 194 Å². The normalized spacial score (nSPS) is 19.0. The molecule has 1 aliphatic rings. The van der Waals surface area contributed by atoms with Gasteiger partial charge in [-0.25, -0.2) is 0 Å². The van der Waals surface area contributed by atoms with Crippen molar-refractivity contribution >= 4 is 10.9 Å². The standard InChI is InChI=1S/C26H32N6O/c1-2-22(24-13-28-25-9-8-21(12-23(24)25)32-17-29-30-18-32)26-14-27-10-11-31(26)15-20(16-33)19-6-4-3-5-7-19/h3-9,12-13,17-18,20,22,26-28,33H,2,10-11,14-16H2,1H3. The Morgan fingerprint density at radius 1 is 1.12 bits per heavy atom. The van der Waals surface area contributed by atoms with Crippen molar-refractivity contribution in [1.82, 2.24) is 30.0 Å². The van der Waals surface area contributed by atoms with Gasteiger partial charge in [-0.3, -0.25) is 9.47 Å². The number of piperazine rings is 1. The molecule has 1 fully saturated rings. The van der Waals surface area contributed by atoms with Crippen LogP contribution in [-0.2, 0) is 0 Å². The molecule has 3 N–H and O–H groups in total. The lowest BCUT2D eigenvalue weighted by Gasteiger charge is -2.42. The van der Waals surface area contributed by atoms with Crippen LogP contribution in [0.2, 0.25) is 0 Å². The first kappa shape index (κ1) is 21.8. The van der Waals surface area contributed by atoms with Crippen LogP contribution in [0.5, 0.6) is 0 Å². The number of H-pyrrole nitrogens is 1. The van der Waals surface area contributed by atoms with E-state index in [1.54, 1.807) is 12.7 Å². The molecule has 172 valence electrons. The number of aliphatic hydroxyl groups is 1. The summed E-state index contributed by atoms with van der Waals surface area (Å²) >= 11 is 0. The highest BCUT2D eigenvalue weighted by Crippen LogP contribution is 2.35. The van der Waals surface area contributed by atoms with Gasteiger partial charge in [0.2, 0.25) is 0 Å². The molecule has 1 aliphatic heterocycles. The number of aliphatic hydroxyl groups excluding tert-OH is 1. The van der Waals surface area contributed by atoms with Crippen LogP contribution >= 0.6 is 0 Å². The monoisotopic (exact) mass is 444 g/mol. The van der Waals surface area contributed by atoms with Gasteiger partial charge in [-0.05, 0) is 35.7 Å². The first-order valence-electron chi connectivity index (χ1n) is 11.8. The van der Waals surface area contributed by atoms with Crippen LogP contribution in [0.3, 0.4) is 0 Å². The topological polar surface area (TPSA) is 82.0 Å². The third-order valence-electron chi connectivity index (χ3n) is 7.06. The van der Waals surface area contributed by atoms with E-state index >= 15 is 0 Å². The molecular formula is C26H32N6O. The number of nitrogens with zero attached hydrogens (tertiary/aromatic N) is 4. The highest BCUT2D eigenvalue weighted by molar-refractivity contribution is 5.85. The zero-order valence-electron chi connectivity index (χ0n) is 19.1. The Balaban J connectivity index is 1.45. The van der Waals surface area contributed by atoms with E-state index in [4.69, 9.17) is 0 Å². The van der Waals surface area contributed by atoms with Crippen LogP contribution in [0.1, 0.15) is 36.3 Å². The largest absolute Gasteiger partial charge is 0.396 e. The van der Waals surface area contributed by atoms with Gasteiger partial charge in [-0.1, -0.05) is 37.3 Å². The maximum absolute atomic E-state index is 10.2. The van der Waals surface area contributed by atoms with Gasteiger partial charge in [0.15, 0.2) is 0 Å². The van der Waals surface area contributed by atoms with Crippen molar-refractivity contribution < 1.29 is 5.11 Å². The summed E-state index contributed by atoms with van der Waals surface area (Å²) < 4.78 is 1.94. The van der Waals surface area contributed by atoms with E-state index in [0.29, 0.717) is 12.0 Å². The van der Waals surface area contributed by atoms with Crippen molar-refractivity contribution in [1.29, 1.82) is 0 Å². The van der Waals surface area contributed by atoms with Gasteiger partial charge in [-0.2, -0.15) is 0 Å². The molecule has 5 rings (SSSR count). The summed E-state index contributed by atoms with van der Waals surface area (Å²) in [4.78, 5) is 6.07. The smallest absolute Gasteiger partial charge is 0.123 e. The molecule has 2 aromatic carbocycles. The Hall–Kier alpha value is -3.00. The number of aromatic amines is 1. The first-order chi connectivity index (χ1) is 16.3. The number of nitrogens with one attached hydrogen (secondary N) is 2. The second-order valence-electron chi connectivity index (χ2n) is 8.91. The molecule has 2 aromatic heterocycles. The summed E-state index contributed by atoms with van der Waals surface area (Å²) in [5.41, 5.74) is 4.76. The third-order valence-corrected chi connectivity index (χ3v) is 7.06. The molecule has 0 bridgehead atoms. The average molecular weight is 445 g/mol. The third kappa shape index (κ3) is 4.44. The molecule has 4 aromatic rings. The van der Waals surface area contributed by atoms with Crippen LogP contribution in [-0.4, -0.2) is 68.6 Å². The number of aromatic nitrogens is 4. The maximum atomic E-state index is 10.2. The number of benzene rings is 2. The van der Waals surface area contributed by atoms with E-state index < -0.39 is 0 Å². The van der Waals surface area contributed by atoms with Gasteiger partial charge in [-0.15, -0.1) is 10.2 Å². The van der Waals surface area contributed by atoms with Gasteiger partial charge < -0.3 is 15.4 Å². The molecule has 3 atom stereocenters. The predicted octanol–water partition coefficient (Wildman–Crippen LogP) is 3.29. The molecule has 7 nitrogen and oxygen atoms in total. The van der Waals surface area contributed by atoms with E-state index in [2.05, 4.69) is 81.0 Å². The SMILES string of the molecule is CCC(c1c[nH]c2ccc(-n3cnnc3)cc12)C1CNCCN1CC(CO)c1ccccc1. The molecule has 0 aliphatic carbocycles. The Bertz CT molecular complexity index is 1160. The second-order valence-corrected chi connectivity index (χ2v) is 8.91. The van der Waals surface area contributed by atoms with Crippen LogP contribution in [0.4, 0.5) is 0 Å². The van der Waals surface area contributed by atoms with Crippen LogP contribution in [0.25, 0.3) is 16.6 Å². The molecule has 0 spiro atoms. The average Bonchev–Trinajstić information content (AvgIpc) is 3.55. The minimum atomic E-state index is 0.118. The van der Waals surface area contributed by atoms with Crippen LogP contribution in [0.15, 0.2) is 67.4 Å². The summed E-state index contributed by atoms with van der Waals surface area (Å²) in [6.07, 6.45) is 6.69. The Kier molecular flexibility index (Phi) is 6.53. The first-order valence-corrected chi connectivity index (χ1v) is 11.8.